The highest BCUT2D eigenvalue weighted by Crippen LogP contribution is 2.16. The Hall–Kier alpha value is -1.37. The van der Waals surface area contributed by atoms with E-state index in [1.54, 1.807) is 0 Å². The van der Waals surface area contributed by atoms with Crippen molar-refractivity contribution in [3.05, 3.63) is 35.3 Å². The normalized spacial score (nSPS) is 15.4. The summed E-state index contributed by atoms with van der Waals surface area (Å²) in [5.41, 5.74) is 6.94. The number of aryl methyl sites for hydroxylation is 1. The highest BCUT2D eigenvalue weighted by atomic mass is 35.5. The molecule has 0 unspecified atom stereocenters. The average Bonchev–Trinajstić information content (AvgIpc) is 2.98. The van der Waals surface area contributed by atoms with Crippen LogP contribution in [-0.4, -0.2) is 47.8 Å². The minimum Gasteiger partial charge on any atom is -0.374 e. The van der Waals surface area contributed by atoms with Crippen molar-refractivity contribution in [3.63, 3.8) is 0 Å². The summed E-state index contributed by atoms with van der Waals surface area (Å²) >= 11 is 1.51. The highest BCUT2D eigenvalue weighted by Gasteiger charge is 2.16. The van der Waals surface area contributed by atoms with Crippen LogP contribution >= 0.6 is 23.7 Å². The van der Waals surface area contributed by atoms with Gasteiger partial charge in [0, 0.05) is 38.3 Å². The first-order valence-corrected chi connectivity index (χ1v) is 8.73. The Bertz CT molecular complexity index is 569. The second-order valence-corrected chi connectivity index (χ2v) is 6.75. The maximum absolute atomic E-state index is 5.59. The van der Waals surface area contributed by atoms with Crippen LogP contribution in [0.25, 0.3) is 0 Å². The lowest BCUT2D eigenvalue weighted by molar-refractivity contribution is 0.253. The zero-order chi connectivity index (χ0) is 15.2. The molecule has 0 amide bonds. The molecule has 0 saturated carbocycles. The van der Waals surface area contributed by atoms with Gasteiger partial charge in [0.15, 0.2) is 0 Å². The van der Waals surface area contributed by atoms with Gasteiger partial charge < -0.3 is 10.6 Å². The molecule has 0 atom stereocenters. The molecule has 7 heteroatoms. The lowest BCUT2D eigenvalue weighted by atomic mass is 10.2. The third-order valence-corrected chi connectivity index (χ3v) is 4.90. The summed E-state index contributed by atoms with van der Waals surface area (Å²) in [5, 5.41) is 9.56. The minimum atomic E-state index is 0. The number of nitrogen functional groups attached to an aromatic ring is 1. The number of hydrogen-bond donors (Lipinski definition) is 1. The monoisotopic (exact) mass is 353 g/mol. The largest absolute Gasteiger partial charge is 0.374 e. The summed E-state index contributed by atoms with van der Waals surface area (Å²) in [6, 6.07) is 10.7. The summed E-state index contributed by atoms with van der Waals surface area (Å²) in [4.78, 5) is 5.04. The Kier molecular flexibility index (Phi) is 7.08. The van der Waals surface area contributed by atoms with Crippen LogP contribution in [0.15, 0.2) is 30.3 Å². The summed E-state index contributed by atoms with van der Waals surface area (Å²) < 4.78 is 0. The van der Waals surface area contributed by atoms with Gasteiger partial charge in [-0.3, -0.25) is 4.90 Å². The topological polar surface area (TPSA) is 58.3 Å². The SMILES string of the molecule is Cl.Nc1nnc(CCCCN2CCN(c3ccccc3)CC2)s1. The molecule has 1 fully saturated rings. The van der Waals surface area contributed by atoms with E-state index in [0.717, 1.165) is 44.0 Å². The van der Waals surface area contributed by atoms with E-state index in [-0.39, 0.29) is 12.4 Å². The van der Waals surface area contributed by atoms with Gasteiger partial charge in [0.2, 0.25) is 5.13 Å². The van der Waals surface area contributed by atoms with E-state index >= 15 is 0 Å². The van der Waals surface area contributed by atoms with Crippen LogP contribution in [0.3, 0.4) is 0 Å². The molecule has 2 heterocycles. The van der Waals surface area contributed by atoms with Gasteiger partial charge in [-0.15, -0.1) is 22.6 Å². The van der Waals surface area contributed by atoms with E-state index < -0.39 is 0 Å². The number of nitrogens with zero attached hydrogens (tertiary/aromatic N) is 4. The highest BCUT2D eigenvalue weighted by molar-refractivity contribution is 7.15. The quantitative estimate of drug-likeness (QED) is 0.809. The maximum Gasteiger partial charge on any atom is 0.203 e. The van der Waals surface area contributed by atoms with Crippen molar-refractivity contribution >= 4 is 34.6 Å². The summed E-state index contributed by atoms with van der Waals surface area (Å²) in [6.45, 7) is 5.73. The molecular formula is C16H24ClN5S. The summed E-state index contributed by atoms with van der Waals surface area (Å²) in [5.74, 6) is 0. The molecule has 1 saturated heterocycles. The molecule has 1 aliphatic rings. The molecule has 23 heavy (non-hydrogen) atoms. The number of unbranched alkanes of at least 4 members (excludes halogenated alkanes) is 1. The molecule has 5 nitrogen and oxygen atoms in total. The van der Waals surface area contributed by atoms with Gasteiger partial charge in [-0.1, -0.05) is 29.5 Å². The van der Waals surface area contributed by atoms with Crippen molar-refractivity contribution in [1.29, 1.82) is 0 Å². The van der Waals surface area contributed by atoms with Gasteiger partial charge in [0.1, 0.15) is 5.01 Å². The van der Waals surface area contributed by atoms with E-state index in [1.807, 2.05) is 0 Å². The second-order valence-electron chi connectivity index (χ2n) is 5.66. The Morgan fingerprint density at radius 2 is 1.74 bits per heavy atom. The number of aromatic nitrogens is 2. The number of halogens is 1. The van der Waals surface area contributed by atoms with Crippen LogP contribution in [0.4, 0.5) is 10.8 Å². The van der Waals surface area contributed by atoms with Gasteiger partial charge in [0.05, 0.1) is 0 Å². The van der Waals surface area contributed by atoms with Crippen LogP contribution in [-0.2, 0) is 6.42 Å². The van der Waals surface area contributed by atoms with Crippen molar-refractivity contribution in [2.75, 3.05) is 43.4 Å². The van der Waals surface area contributed by atoms with Gasteiger partial charge >= 0.3 is 0 Å². The maximum atomic E-state index is 5.59. The number of benzene rings is 1. The smallest absolute Gasteiger partial charge is 0.203 e. The van der Waals surface area contributed by atoms with Crippen molar-refractivity contribution in [2.45, 2.75) is 19.3 Å². The Morgan fingerprint density at radius 3 is 2.39 bits per heavy atom. The van der Waals surface area contributed by atoms with Crippen LogP contribution in [0.2, 0.25) is 0 Å². The predicted octanol–water partition coefficient (Wildman–Crippen LogP) is 2.69. The second kappa shape index (κ2) is 9.05. The number of hydrogen-bond acceptors (Lipinski definition) is 6. The Labute approximate surface area is 147 Å². The first kappa shape index (κ1) is 18.0. The Morgan fingerprint density at radius 1 is 1.00 bits per heavy atom. The number of anilines is 2. The molecule has 2 N–H and O–H groups in total. The van der Waals surface area contributed by atoms with Crippen molar-refractivity contribution in [3.8, 4) is 0 Å². The molecule has 1 aliphatic heterocycles. The summed E-state index contributed by atoms with van der Waals surface area (Å²) in [7, 11) is 0. The first-order valence-electron chi connectivity index (χ1n) is 7.91. The third kappa shape index (κ3) is 5.34. The van der Waals surface area contributed by atoms with E-state index in [4.69, 9.17) is 5.73 Å². The Balaban J connectivity index is 0.00000192. The molecular weight excluding hydrogens is 330 g/mol. The molecule has 0 bridgehead atoms. The fraction of sp³-hybridized carbons (Fsp3) is 0.500. The van der Waals surface area contributed by atoms with Crippen LogP contribution in [0.1, 0.15) is 17.8 Å². The van der Waals surface area contributed by atoms with Gasteiger partial charge in [0.25, 0.3) is 0 Å². The van der Waals surface area contributed by atoms with Crippen molar-refractivity contribution in [1.82, 2.24) is 15.1 Å². The van der Waals surface area contributed by atoms with Crippen LogP contribution in [0.5, 0.6) is 0 Å². The lowest BCUT2D eigenvalue weighted by Gasteiger charge is -2.36. The van der Waals surface area contributed by atoms with Crippen molar-refractivity contribution < 1.29 is 0 Å². The number of nitrogens with two attached hydrogens (primary N) is 1. The van der Waals surface area contributed by atoms with Gasteiger partial charge in [-0.05, 0) is 31.5 Å². The number of para-hydroxylation sites is 1. The van der Waals surface area contributed by atoms with E-state index in [2.05, 4.69) is 50.3 Å². The molecule has 0 radical (unpaired) electrons. The lowest BCUT2D eigenvalue weighted by Crippen LogP contribution is -2.46. The average molecular weight is 354 g/mol. The first-order chi connectivity index (χ1) is 10.8. The number of piperazine rings is 1. The fourth-order valence-electron chi connectivity index (χ4n) is 2.85. The molecule has 0 spiro atoms. The predicted molar refractivity (Wildman–Crippen MR) is 99.6 cm³/mol. The van der Waals surface area contributed by atoms with Gasteiger partial charge in [-0.2, -0.15) is 0 Å². The minimum absolute atomic E-state index is 0. The molecule has 2 aromatic rings. The fourth-order valence-corrected chi connectivity index (χ4v) is 3.50. The molecule has 3 rings (SSSR count). The van der Waals surface area contributed by atoms with Gasteiger partial charge in [-0.25, -0.2) is 0 Å². The zero-order valence-electron chi connectivity index (χ0n) is 13.2. The molecule has 126 valence electrons. The standard InChI is InChI=1S/C16H23N5S.ClH/c17-16-19-18-15(22-16)8-4-5-9-20-10-12-21(13-11-20)14-6-2-1-3-7-14;/h1-3,6-7H,4-5,8-13H2,(H2,17,19);1H. The zero-order valence-corrected chi connectivity index (χ0v) is 14.9. The molecule has 0 aliphatic carbocycles. The number of rotatable bonds is 6. The van der Waals surface area contributed by atoms with E-state index in [0.29, 0.717) is 5.13 Å². The third-order valence-electron chi connectivity index (χ3n) is 4.09. The van der Waals surface area contributed by atoms with Crippen molar-refractivity contribution in [2.24, 2.45) is 0 Å². The molecule has 1 aromatic heterocycles. The van der Waals surface area contributed by atoms with Crippen LogP contribution < -0.4 is 10.6 Å². The summed E-state index contributed by atoms with van der Waals surface area (Å²) in [6.07, 6.45) is 3.37. The van der Waals surface area contributed by atoms with E-state index in [1.165, 1.54) is 30.0 Å². The molecule has 1 aromatic carbocycles. The van der Waals surface area contributed by atoms with E-state index in [9.17, 15) is 0 Å². The van der Waals surface area contributed by atoms with Crippen LogP contribution in [0, 0.1) is 0 Å².